The second-order valence-electron chi connectivity index (χ2n) is 7.61. The van der Waals surface area contributed by atoms with Crippen LogP contribution < -0.4 is 5.32 Å². The Morgan fingerprint density at radius 2 is 1.82 bits per heavy atom. The summed E-state index contributed by atoms with van der Waals surface area (Å²) in [4.78, 5) is 23.3. The Bertz CT molecular complexity index is 1390. The Labute approximate surface area is 197 Å². The molecule has 0 aliphatic carbocycles. The van der Waals surface area contributed by atoms with Crippen molar-refractivity contribution in [1.82, 2.24) is 24.7 Å². The first-order chi connectivity index (χ1) is 16.1. The molecule has 1 aromatic carbocycles. The maximum atomic E-state index is 14.1. The van der Waals surface area contributed by atoms with Gasteiger partial charge in [-0.3, -0.25) is 9.48 Å². The minimum absolute atomic E-state index is 0.000551. The van der Waals surface area contributed by atoms with Crippen molar-refractivity contribution in [3.8, 4) is 0 Å². The molecule has 4 rings (SSSR count). The lowest BCUT2D eigenvalue weighted by Crippen LogP contribution is -2.17. The Morgan fingerprint density at radius 3 is 2.50 bits per heavy atom. The average molecular weight is 488 g/mol. The summed E-state index contributed by atoms with van der Waals surface area (Å²) >= 11 is 6.11. The summed E-state index contributed by atoms with van der Waals surface area (Å²) in [6.45, 7) is 5.19. The van der Waals surface area contributed by atoms with Crippen molar-refractivity contribution in [2.45, 2.75) is 33.9 Å². The number of benzene rings is 1. The van der Waals surface area contributed by atoms with E-state index in [1.165, 1.54) is 27.6 Å². The quantitative estimate of drug-likeness (QED) is 0.307. The number of halogens is 2. The van der Waals surface area contributed by atoms with E-state index in [1.54, 1.807) is 32.9 Å². The van der Waals surface area contributed by atoms with Gasteiger partial charge in [0.1, 0.15) is 11.6 Å². The molecule has 1 amide bonds. The van der Waals surface area contributed by atoms with Gasteiger partial charge in [-0.1, -0.05) is 22.8 Å². The summed E-state index contributed by atoms with van der Waals surface area (Å²) < 4.78 is 22.2. The molecule has 0 aliphatic heterocycles. The first-order valence-corrected chi connectivity index (χ1v) is 10.4. The Kier molecular flexibility index (Phi) is 6.16. The van der Waals surface area contributed by atoms with Crippen LogP contribution in [0.5, 0.6) is 0 Å². The summed E-state index contributed by atoms with van der Waals surface area (Å²) in [5.74, 6) is -0.732. The molecule has 0 fully saturated rings. The highest BCUT2D eigenvalue weighted by Gasteiger charge is 2.24. The van der Waals surface area contributed by atoms with Gasteiger partial charge in [0, 0.05) is 22.3 Å². The number of nitro groups is 1. The van der Waals surface area contributed by atoms with E-state index in [4.69, 9.17) is 16.1 Å². The lowest BCUT2D eigenvalue weighted by molar-refractivity contribution is -0.389. The third-order valence-electron chi connectivity index (χ3n) is 5.26. The van der Waals surface area contributed by atoms with E-state index in [-0.39, 0.29) is 41.0 Å². The van der Waals surface area contributed by atoms with Gasteiger partial charge >= 0.3 is 5.82 Å². The molecule has 1 N–H and O–H groups in total. The summed E-state index contributed by atoms with van der Waals surface area (Å²) in [5, 5.41) is 26.0. The molecule has 0 aliphatic rings. The minimum atomic E-state index is -0.593. The number of nitrogens with one attached hydrogen (secondary N) is 1. The summed E-state index contributed by atoms with van der Waals surface area (Å²) in [5.41, 5.74) is 1.92. The number of nitrogens with zero attached hydrogens (tertiary/aromatic N) is 6. The zero-order valence-electron chi connectivity index (χ0n) is 18.4. The number of hydrogen-bond donors (Lipinski definition) is 1. The maximum Gasteiger partial charge on any atom is 0.390 e. The molecule has 176 valence electrons. The van der Waals surface area contributed by atoms with Crippen molar-refractivity contribution in [1.29, 1.82) is 0 Å². The molecule has 3 aromatic heterocycles. The molecule has 4 aromatic rings. The normalized spacial score (nSPS) is 11.1. The van der Waals surface area contributed by atoms with Gasteiger partial charge in [0.05, 0.1) is 35.5 Å². The van der Waals surface area contributed by atoms with Crippen LogP contribution in [0.3, 0.4) is 0 Å². The molecule has 0 unspecified atom stereocenters. The van der Waals surface area contributed by atoms with Crippen LogP contribution in [0.4, 0.5) is 16.0 Å². The van der Waals surface area contributed by atoms with Crippen LogP contribution in [0.15, 0.2) is 34.9 Å². The molecule has 0 bridgehead atoms. The van der Waals surface area contributed by atoms with E-state index in [1.807, 2.05) is 0 Å². The number of amides is 1. The predicted octanol–water partition coefficient (Wildman–Crippen LogP) is 4.04. The van der Waals surface area contributed by atoms with Crippen molar-refractivity contribution in [2.24, 2.45) is 0 Å². The molecule has 0 saturated carbocycles. The van der Waals surface area contributed by atoms with Crippen LogP contribution in [0, 0.1) is 36.7 Å². The van der Waals surface area contributed by atoms with Crippen LogP contribution in [0.2, 0.25) is 5.02 Å². The molecule has 3 heterocycles. The summed E-state index contributed by atoms with van der Waals surface area (Å²) in [6.07, 6.45) is 0. The second-order valence-corrected chi connectivity index (χ2v) is 8.01. The molecular weight excluding hydrogens is 469 g/mol. The van der Waals surface area contributed by atoms with Gasteiger partial charge < -0.3 is 20.0 Å². The van der Waals surface area contributed by atoms with Crippen molar-refractivity contribution in [3.05, 3.63) is 85.3 Å². The summed E-state index contributed by atoms with van der Waals surface area (Å²) in [7, 11) is 0. The van der Waals surface area contributed by atoms with Crippen LogP contribution in [0.1, 0.15) is 38.8 Å². The van der Waals surface area contributed by atoms with Crippen LogP contribution in [-0.2, 0) is 13.1 Å². The fourth-order valence-corrected chi connectivity index (χ4v) is 3.61. The zero-order valence-corrected chi connectivity index (χ0v) is 19.1. The minimum Gasteiger partial charge on any atom is -0.361 e. The lowest BCUT2D eigenvalue weighted by atomic mass is 10.2. The highest BCUT2D eigenvalue weighted by molar-refractivity contribution is 6.31. The van der Waals surface area contributed by atoms with Gasteiger partial charge in [0.2, 0.25) is 0 Å². The van der Waals surface area contributed by atoms with Gasteiger partial charge in [-0.2, -0.15) is 9.78 Å². The maximum absolute atomic E-state index is 14.1. The second kappa shape index (κ2) is 9.06. The number of aryl methyl sites for hydroxylation is 3. The highest BCUT2D eigenvalue weighted by Crippen LogP contribution is 2.22. The van der Waals surface area contributed by atoms with Crippen molar-refractivity contribution < 1.29 is 18.6 Å². The molecule has 0 atom stereocenters. The van der Waals surface area contributed by atoms with Gasteiger partial charge in [0.15, 0.2) is 11.5 Å². The Hall–Kier alpha value is -4.06. The number of carbonyl (C=O) groups excluding carboxylic acids is 1. The zero-order chi connectivity index (χ0) is 24.6. The van der Waals surface area contributed by atoms with Crippen LogP contribution >= 0.6 is 11.6 Å². The van der Waals surface area contributed by atoms with E-state index in [2.05, 4.69) is 20.7 Å². The smallest absolute Gasteiger partial charge is 0.361 e. The molecule has 0 spiro atoms. The van der Waals surface area contributed by atoms with Crippen molar-refractivity contribution in [2.75, 3.05) is 5.32 Å². The first-order valence-electron chi connectivity index (χ1n) is 10.1. The molecule has 34 heavy (non-hydrogen) atoms. The number of anilines is 1. The molecule has 0 radical (unpaired) electrons. The standard InChI is InChI=1S/C21H19ClFN7O4/c1-11-7-18(25-28(11)10-15-16(22)5-4-6-17(15)23)24-21(31)20-14(13(3)34-27-20)9-29-12(2)8-19(26-29)30(32)33/h4-8H,9-10H2,1-3H3,(H,24,25,31). The molecule has 13 heteroatoms. The largest absolute Gasteiger partial charge is 0.390 e. The third kappa shape index (κ3) is 4.53. The topological polar surface area (TPSA) is 134 Å². The number of aromatic nitrogens is 5. The first kappa shape index (κ1) is 23.1. The van der Waals surface area contributed by atoms with E-state index in [0.717, 1.165) is 0 Å². The van der Waals surface area contributed by atoms with Crippen molar-refractivity contribution >= 4 is 29.1 Å². The predicted molar refractivity (Wildman–Crippen MR) is 119 cm³/mol. The molecule has 11 nitrogen and oxygen atoms in total. The number of hydrogen-bond acceptors (Lipinski definition) is 7. The fraction of sp³-hybridized carbons (Fsp3) is 0.238. The van der Waals surface area contributed by atoms with Gasteiger partial charge in [-0.25, -0.2) is 4.39 Å². The highest BCUT2D eigenvalue weighted by atomic mass is 35.5. The molecular formula is C21H19ClFN7O4. The monoisotopic (exact) mass is 487 g/mol. The van der Waals surface area contributed by atoms with Gasteiger partial charge in [-0.05, 0) is 37.8 Å². The SMILES string of the molecule is Cc1onc(C(=O)Nc2cc(C)n(Cc3c(F)cccc3Cl)n2)c1Cn1nc([N+](=O)[O-])cc1C. The van der Waals surface area contributed by atoms with Crippen molar-refractivity contribution in [3.63, 3.8) is 0 Å². The van der Waals surface area contributed by atoms with Gasteiger partial charge in [0.25, 0.3) is 5.91 Å². The lowest BCUT2D eigenvalue weighted by Gasteiger charge is -2.07. The number of rotatable bonds is 7. The van der Waals surface area contributed by atoms with Crippen LogP contribution in [-0.4, -0.2) is 35.5 Å². The third-order valence-corrected chi connectivity index (χ3v) is 5.61. The fourth-order valence-electron chi connectivity index (χ4n) is 3.39. The van der Waals surface area contributed by atoms with E-state index in [9.17, 15) is 19.3 Å². The number of carbonyl (C=O) groups is 1. The van der Waals surface area contributed by atoms with E-state index in [0.29, 0.717) is 22.7 Å². The Morgan fingerprint density at radius 1 is 1.15 bits per heavy atom. The summed E-state index contributed by atoms with van der Waals surface area (Å²) in [6, 6.07) is 7.38. The van der Waals surface area contributed by atoms with Crippen LogP contribution in [0.25, 0.3) is 0 Å². The van der Waals surface area contributed by atoms with E-state index >= 15 is 0 Å². The Balaban J connectivity index is 1.54. The molecule has 0 saturated heterocycles. The van der Waals surface area contributed by atoms with Gasteiger partial charge in [-0.15, -0.1) is 0 Å². The van der Waals surface area contributed by atoms with E-state index < -0.39 is 16.6 Å². The average Bonchev–Trinajstić information content (AvgIpc) is 3.43.